The molecule has 1 aromatic rings. The van der Waals surface area contributed by atoms with Gasteiger partial charge in [-0.15, -0.1) is 0 Å². The number of nitrogens with one attached hydrogen (secondary N) is 2. The monoisotopic (exact) mass is 253 g/mol. The second-order valence-electron chi connectivity index (χ2n) is 4.39. The Balaban J connectivity index is 2.85. The smallest absolute Gasteiger partial charge is 0.251 e. The number of anilines is 2. The Morgan fingerprint density at radius 2 is 2.17 bits per heavy atom. The molecule has 0 aromatic heterocycles. The van der Waals surface area contributed by atoms with Gasteiger partial charge >= 0.3 is 0 Å². The molecular formula is C12H19N3O3. The van der Waals surface area contributed by atoms with Crippen LogP contribution in [0.5, 0.6) is 0 Å². The third kappa shape index (κ3) is 3.61. The Morgan fingerprint density at radius 1 is 1.50 bits per heavy atom. The maximum Gasteiger partial charge on any atom is 0.251 e. The van der Waals surface area contributed by atoms with Gasteiger partial charge in [-0.1, -0.05) is 0 Å². The standard InChI is InChI=1S/C12H19N3O3/c1-12(18,7-16)6-15-10-5-8(11(17)14-2)3-4-9(10)13/h3-5,15-16,18H,6-7,13H2,1-2H3,(H,14,17). The fourth-order valence-corrected chi connectivity index (χ4v) is 1.34. The third-order valence-electron chi connectivity index (χ3n) is 2.54. The molecule has 0 heterocycles. The summed E-state index contributed by atoms with van der Waals surface area (Å²) in [4.78, 5) is 11.5. The second kappa shape index (κ2) is 5.70. The molecule has 0 saturated heterocycles. The largest absolute Gasteiger partial charge is 0.397 e. The Labute approximate surface area is 106 Å². The van der Waals surface area contributed by atoms with Crippen LogP contribution in [-0.4, -0.2) is 41.9 Å². The van der Waals surface area contributed by atoms with Gasteiger partial charge < -0.3 is 26.6 Å². The lowest BCUT2D eigenvalue weighted by Crippen LogP contribution is -2.37. The summed E-state index contributed by atoms with van der Waals surface area (Å²) in [6, 6.07) is 4.83. The van der Waals surface area contributed by atoms with Crippen LogP contribution in [0.1, 0.15) is 17.3 Å². The third-order valence-corrected chi connectivity index (χ3v) is 2.54. The van der Waals surface area contributed by atoms with Crippen LogP contribution in [0.25, 0.3) is 0 Å². The molecule has 6 nitrogen and oxygen atoms in total. The minimum atomic E-state index is -1.24. The van der Waals surface area contributed by atoms with Gasteiger partial charge in [0.2, 0.25) is 0 Å². The van der Waals surface area contributed by atoms with Crippen LogP contribution >= 0.6 is 0 Å². The minimum absolute atomic E-state index is 0.130. The van der Waals surface area contributed by atoms with Gasteiger partial charge in [0.15, 0.2) is 0 Å². The Hall–Kier alpha value is -1.79. The Bertz CT molecular complexity index is 433. The van der Waals surface area contributed by atoms with E-state index in [1.165, 1.54) is 6.92 Å². The van der Waals surface area contributed by atoms with Gasteiger partial charge in [-0.25, -0.2) is 0 Å². The first-order valence-corrected chi connectivity index (χ1v) is 5.58. The van der Waals surface area contributed by atoms with Crippen molar-refractivity contribution in [2.45, 2.75) is 12.5 Å². The maximum atomic E-state index is 11.5. The number of carbonyl (C=O) groups is 1. The average molecular weight is 253 g/mol. The van der Waals surface area contributed by atoms with E-state index >= 15 is 0 Å². The van der Waals surface area contributed by atoms with Gasteiger partial charge in [0.25, 0.3) is 5.91 Å². The van der Waals surface area contributed by atoms with Crippen molar-refractivity contribution in [2.75, 3.05) is 31.2 Å². The summed E-state index contributed by atoms with van der Waals surface area (Å²) < 4.78 is 0. The van der Waals surface area contributed by atoms with Crippen molar-refractivity contribution in [1.29, 1.82) is 0 Å². The molecule has 6 N–H and O–H groups in total. The van der Waals surface area contributed by atoms with Crippen molar-refractivity contribution in [3.8, 4) is 0 Å². The molecular weight excluding hydrogens is 234 g/mol. The highest BCUT2D eigenvalue weighted by Crippen LogP contribution is 2.20. The summed E-state index contributed by atoms with van der Waals surface area (Å²) in [5, 5.41) is 24.0. The number of nitrogens with two attached hydrogens (primary N) is 1. The molecule has 0 radical (unpaired) electrons. The number of hydrogen-bond donors (Lipinski definition) is 5. The number of aliphatic hydroxyl groups excluding tert-OH is 1. The van der Waals surface area contributed by atoms with Crippen molar-refractivity contribution in [3.05, 3.63) is 23.8 Å². The molecule has 0 saturated carbocycles. The van der Waals surface area contributed by atoms with Crippen LogP contribution in [0.3, 0.4) is 0 Å². The Kier molecular flexibility index (Phi) is 4.52. The number of rotatable bonds is 5. The highest BCUT2D eigenvalue weighted by molar-refractivity contribution is 5.96. The number of nitrogen functional groups attached to an aromatic ring is 1. The van der Waals surface area contributed by atoms with E-state index in [2.05, 4.69) is 10.6 Å². The van der Waals surface area contributed by atoms with Gasteiger partial charge in [0.05, 0.1) is 18.0 Å². The molecule has 1 amide bonds. The van der Waals surface area contributed by atoms with Crippen LogP contribution in [0.4, 0.5) is 11.4 Å². The summed E-state index contributed by atoms with van der Waals surface area (Å²) >= 11 is 0. The molecule has 18 heavy (non-hydrogen) atoms. The number of hydrogen-bond acceptors (Lipinski definition) is 5. The zero-order valence-electron chi connectivity index (χ0n) is 10.5. The topological polar surface area (TPSA) is 108 Å². The first-order valence-electron chi connectivity index (χ1n) is 5.58. The van der Waals surface area contributed by atoms with E-state index in [9.17, 15) is 9.90 Å². The molecule has 1 rings (SSSR count). The van der Waals surface area contributed by atoms with E-state index in [0.717, 1.165) is 0 Å². The van der Waals surface area contributed by atoms with Crippen molar-refractivity contribution in [2.24, 2.45) is 0 Å². The quantitative estimate of drug-likeness (QED) is 0.466. The van der Waals surface area contributed by atoms with Crippen molar-refractivity contribution < 1.29 is 15.0 Å². The number of amides is 1. The molecule has 1 unspecified atom stereocenters. The number of carbonyl (C=O) groups excluding carboxylic acids is 1. The predicted molar refractivity (Wildman–Crippen MR) is 70.4 cm³/mol. The lowest BCUT2D eigenvalue weighted by molar-refractivity contribution is 0.0132. The van der Waals surface area contributed by atoms with E-state index < -0.39 is 5.60 Å². The minimum Gasteiger partial charge on any atom is -0.397 e. The van der Waals surface area contributed by atoms with Crippen LogP contribution in [0.2, 0.25) is 0 Å². The second-order valence-corrected chi connectivity index (χ2v) is 4.39. The van der Waals surface area contributed by atoms with Crippen LogP contribution in [0.15, 0.2) is 18.2 Å². The Morgan fingerprint density at radius 3 is 2.72 bits per heavy atom. The van der Waals surface area contributed by atoms with Gasteiger partial charge in [-0.3, -0.25) is 4.79 Å². The van der Waals surface area contributed by atoms with Gasteiger partial charge in [-0.2, -0.15) is 0 Å². The van der Waals surface area contributed by atoms with Crippen LogP contribution < -0.4 is 16.4 Å². The van der Waals surface area contributed by atoms with Crippen LogP contribution in [0, 0.1) is 0 Å². The molecule has 0 aliphatic rings. The maximum absolute atomic E-state index is 11.5. The summed E-state index contributed by atoms with van der Waals surface area (Å²) in [5.74, 6) is -0.216. The molecule has 1 aromatic carbocycles. The van der Waals surface area contributed by atoms with E-state index in [1.54, 1.807) is 25.2 Å². The summed E-state index contributed by atoms with van der Waals surface area (Å²) in [5.41, 5.74) is 6.01. The fourth-order valence-electron chi connectivity index (χ4n) is 1.34. The SMILES string of the molecule is CNC(=O)c1ccc(N)c(NCC(C)(O)CO)c1. The fraction of sp³-hybridized carbons (Fsp3) is 0.417. The first-order chi connectivity index (χ1) is 8.39. The molecule has 0 bridgehead atoms. The number of benzene rings is 1. The van der Waals surface area contributed by atoms with Crippen LogP contribution in [-0.2, 0) is 0 Å². The normalized spacial score (nSPS) is 13.8. The van der Waals surface area contributed by atoms with E-state index in [0.29, 0.717) is 16.9 Å². The average Bonchev–Trinajstić information content (AvgIpc) is 2.37. The van der Waals surface area contributed by atoms with E-state index in [4.69, 9.17) is 10.8 Å². The molecule has 0 aliphatic heterocycles. The molecule has 1 atom stereocenters. The molecule has 0 aliphatic carbocycles. The highest BCUT2D eigenvalue weighted by atomic mass is 16.3. The van der Waals surface area contributed by atoms with Gasteiger partial charge in [-0.05, 0) is 25.1 Å². The van der Waals surface area contributed by atoms with Crippen molar-refractivity contribution >= 4 is 17.3 Å². The predicted octanol–water partition coefficient (Wildman–Crippen LogP) is -0.216. The highest BCUT2D eigenvalue weighted by Gasteiger charge is 2.19. The lowest BCUT2D eigenvalue weighted by atomic mass is 10.1. The van der Waals surface area contributed by atoms with Crippen molar-refractivity contribution in [3.63, 3.8) is 0 Å². The van der Waals surface area contributed by atoms with Gasteiger partial charge in [0.1, 0.15) is 5.60 Å². The van der Waals surface area contributed by atoms with E-state index in [1.807, 2.05) is 0 Å². The first kappa shape index (κ1) is 14.3. The summed E-state index contributed by atoms with van der Waals surface area (Å²) in [6.45, 7) is 1.26. The number of aliphatic hydroxyl groups is 2. The summed E-state index contributed by atoms with van der Waals surface area (Å²) in [7, 11) is 1.54. The molecule has 0 fully saturated rings. The zero-order chi connectivity index (χ0) is 13.8. The molecule has 0 spiro atoms. The zero-order valence-corrected chi connectivity index (χ0v) is 10.5. The lowest BCUT2D eigenvalue weighted by Gasteiger charge is -2.22. The molecule has 100 valence electrons. The van der Waals surface area contributed by atoms with Gasteiger partial charge in [0, 0.05) is 19.2 Å². The van der Waals surface area contributed by atoms with E-state index in [-0.39, 0.29) is 19.1 Å². The van der Waals surface area contributed by atoms with Crippen molar-refractivity contribution in [1.82, 2.24) is 5.32 Å². The summed E-state index contributed by atoms with van der Waals surface area (Å²) in [6.07, 6.45) is 0. The molecule has 6 heteroatoms.